The number of aryl methyl sites for hydroxylation is 1. The third kappa shape index (κ3) is 5.31. The Morgan fingerprint density at radius 1 is 1.21 bits per heavy atom. The highest BCUT2D eigenvalue weighted by molar-refractivity contribution is 7.89. The zero-order valence-corrected chi connectivity index (χ0v) is 15.3. The van der Waals surface area contributed by atoms with Crippen molar-refractivity contribution in [3.05, 3.63) is 29.8 Å². The molecule has 0 bridgehead atoms. The van der Waals surface area contributed by atoms with E-state index in [9.17, 15) is 13.2 Å². The zero-order valence-electron chi connectivity index (χ0n) is 14.5. The maximum Gasteiger partial charge on any atom is 0.307 e. The van der Waals surface area contributed by atoms with E-state index in [1.807, 2.05) is 6.92 Å². The van der Waals surface area contributed by atoms with Crippen LogP contribution in [-0.4, -0.2) is 27.0 Å². The summed E-state index contributed by atoms with van der Waals surface area (Å²) in [6, 6.07) is 6.33. The van der Waals surface area contributed by atoms with Crippen molar-refractivity contribution in [2.45, 2.75) is 63.3 Å². The van der Waals surface area contributed by atoms with E-state index in [1.165, 1.54) is 6.42 Å². The fourth-order valence-corrected chi connectivity index (χ4v) is 4.53. The van der Waals surface area contributed by atoms with Crippen molar-refractivity contribution >= 4 is 16.0 Å². The summed E-state index contributed by atoms with van der Waals surface area (Å²) in [6.45, 7) is 3.97. The van der Waals surface area contributed by atoms with Gasteiger partial charge in [0.1, 0.15) is 0 Å². The second-order valence-electron chi connectivity index (χ2n) is 6.45. The topological polar surface area (TPSA) is 72.5 Å². The molecule has 1 aromatic carbocycles. The van der Waals surface area contributed by atoms with Crippen LogP contribution in [0.4, 0.5) is 0 Å². The molecule has 24 heavy (non-hydrogen) atoms. The van der Waals surface area contributed by atoms with E-state index in [0.717, 1.165) is 31.2 Å². The summed E-state index contributed by atoms with van der Waals surface area (Å²) in [4.78, 5) is 12.1. The van der Waals surface area contributed by atoms with E-state index in [1.54, 1.807) is 31.2 Å². The lowest BCUT2D eigenvalue weighted by Crippen LogP contribution is -2.42. The standard InChI is InChI=1S/C18H27NO4S/c1-3-23-18(20)13-17(15-7-5-4-6-8-15)19-24(21,22)16-11-9-14(2)10-12-16/h9-12,15,17,19H,3-8,13H2,1-2H3. The van der Waals surface area contributed by atoms with Crippen LogP contribution in [0.15, 0.2) is 29.2 Å². The highest BCUT2D eigenvalue weighted by Crippen LogP contribution is 2.29. The molecule has 0 radical (unpaired) electrons. The average Bonchev–Trinajstić information content (AvgIpc) is 2.55. The van der Waals surface area contributed by atoms with Gasteiger partial charge in [-0.25, -0.2) is 13.1 Å². The normalized spacial score (nSPS) is 17.4. The molecule has 1 aromatic rings. The number of esters is 1. The van der Waals surface area contributed by atoms with Crippen molar-refractivity contribution in [2.75, 3.05) is 6.61 Å². The molecule has 5 nitrogen and oxygen atoms in total. The number of nitrogens with one attached hydrogen (secondary N) is 1. The van der Waals surface area contributed by atoms with Gasteiger partial charge in [0.25, 0.3) is 0 Å². The molecule has 1 atom stereocenters. The van der Waals surface area contributed by atoms with Crippen molar-refractivity contribution in [2.24, 2.45) is 5.92 Å². The molecule has 1 aliphatic rings. The fourth-order valence-electron chi connectivity index (χ4n) is 3.23. The Morgan fingerprint density at radius 2 is 1.83 bits per heavy atom. The van der Waals surface area contributed by atoms with Crippen LogP contribution < -0.4 is 4.72 Å². The molecule has 1 aliphatic carbocycles. The molecule has 1 N–H and O–H groups in total. The summed E-state index contributed by atoms with van der Waals surface area (Å²) >= 11 is 0. The van der Waals surface area contributed by atoms with Gasteiger partial charge in [-0.3, -0.25) is 4.79 Å². The van der Waals surface area contributed by atoms with Gasteiger partial charge < -0.3 is 4.74 Å². The van der Waals surface area contributed by atoms with Crippen LogP contribution in [0.1, 0.15) is 51.0 Å². The van der Waals surface area contributed by atoms with Crippen molar-refractivity contribution < 1.29 is 17.9 Å². The number of rotatable bonds is 7. The molecule has 134 valence electrons. The van der Waals surface area contributed by atoms with Crippen LogP contribution in [-0.2, 0) is 19.6 Å². The monoisotopic (exact) mass is 353 g/mol. The predicted octanol–water partition coefficient (Wildman–Crippen LogP) is 3.18. The van der Waals surface area contributed by atoms with Gasteiger partial charge >= 0.3 is 5.97 Å². The van der Waals surface area contributed by atoms with E-state index in [-0.39, 0.29) is 23.2 Å². The van der Waals surface area contributed by atoms with Crippen molar-refractivity contribution in [1.82, 2.24) is 4.72 Å². The van der Waals surface area contributed by atoms with Gasteiger partial charge in [0.05, 0.1) is 17.9 Å². The Labute approximate surface area is 144 Å². The highest BCUT2D eigenvalue weighted by Gasteiger charge is 2.30. The second-order valence-corrected chi connectivity index (χ2v) is 8.16. The quantitative estimate of drug-likeness (QED) is 0.764. The Balaban J connectivity index is 2.16. The molecule has 1 unspecified atom stereocenters. The molecule has 1 fully saturated rings. The third-order valence-corrected chi connectivity index (χ3v) is 6.05. The smallest absolute Gasteiger partial charge is 0.307 e. The summed E-state index contributed by atoms with van der Waals surface area (Å²) in [7, 11) is -3.64. The van der Waals surface area contributed by atoms with Crippen LogP contribution in [0.5, 0.6) is 0 Å². The first-order valence-electron chi connectivity index (χ1n) is 8.67. The minimum absolute atomic E-state index is 0.0869. The van der Waals surface area contributed by atoms with Crippen molar-refractivity contribution in [1.29, 1.82) is 0 Å². The number of hydrogen-bond donors (Lipinski definition) is 1. The van der Waals surface area contributed by atoms with Crippen LogP contribution in [0, 0.1) is 12.8 Å². The summed E-state index contributed by atoms with van der Waals surface area (Å²) in [6.07, 6.45) is 5.31. The first kappa shape index (κ1) is 18.9. The first-order chi connectivity index (χ1) is 11.4. The number of ether oxygens (including phenoxy) is 1. The maximum absolute atomic E-state index is 12.7. The Bertz CT molecular complexity index is 633. The van der Waals surface area contributed by atoms with Crippen molar-refractivity contribution in [3.8, 4) is 0 Å². The van der Waals surface area contributed by atoms with Crippen LogP contribution >= 0.6 is 0 Å². The van der Waals surface area contributed by atoms with E-state index in [0.29, 0.717) is 6.61 Å². The van der Waals surface area contributed by atoms with Crippen LogP contribution in [0.25, 0.3) is 0 Å². The van der Waals surface area contributed by atoms with Gasteiger partial charge in [-0.05, 0) is 44.7 Å². The summed E-state index contributed by atoms with van der Waals surface area (Å²) in [5, 5.41) is 0. The molecule has 0 saturated heterocycles. The van der Waals surface area contributed by atoms with E-state index in [2.05, 4.69) is 4.72 Å². The maximum atomic E-state index is 12.7. The van der Waals surface area contributed by atoms with E-state index < -0.39 is 16.1 Å². The summed E-state index contributed by atoms with van der Waals surface area (Å²) in [5.41, 5.74) is 1.00. The van der Waals surface area contributed by atoms with E-state index in [4.69, 9.17) is 4.74 Å². The molecule has 6 heteroatoms. The number of carbonyl (C=O) groups is 1. The van der Waals surface area contributed by atoms with Crippen molar-refractivity contribution in [3.63, 3.8) is 0 Å². The van der Waals surface area contributed by atoms with Gasteiger partial charge in [0.15, 0.2) is 0 Å². The SMILES string of the molecule is CCOC(=O)CC(NS(=O)(=O)c1ccc(C)cc1)C1CCCCC1. The van der Waals surface area contributed by atoms with Crippen LogP contribution in [0.3, 0.4) is 0 Å². The number of sulfonamides is 1. The second kappa shape index (κ2) is 8.62. The predicted molar refractivity (Wildman–Crippen MR) is 93.1 cm³/mol. The molecular formula is C18H27NO4S. The minimum atomic E-state index is -3.64. The van der Waals surface area contributed by atoms with Gasteiger partial charge in [-0.1, -0.05) is 37.0 Å². The molecule has 0 aliphatic heterocycles. The van der Waals surface area contributed by atoms with E-state index >= 15 is 0 Å². The lowest BCUT2D eigenvalue weighted by molar-refractivity contribution is -0.144. The van der Waals surface area contributed by atoms with Gasteiger partial charge in [0, 0.05) is 6.04 Å². The molecule has 0 aromatic heterocycles. The molecule has 1 saturated carbocycles. The minimum Gasteiger partial charge on any atom is -0.466 e. The number of benzene rings is 1. The largest absolute Gasteiger partial charge is 0.466 e. The molecule has 0 amide bonds. The molecule has 2 rings (SSSR count). The third-order valence-electron chi connectivity index (χ3n) is 4.55. The number of hydrogen-bond acceptors (Lipinski definition) is 4. The Morgan fingerprint density at radius 3 is 2.42 bits per heavy atom. The fraction of sp³-hybridized carbons (Fsp3) is 0.611. The summed E-state index contributed by atoms with van der Waals surface area (Å²) in [5.74, 6) is -0.164. The molecular weight excluding hydrogens is 326 g/mol. The molecule has 0 heterocycles. The lowest BCUT2D eigenvalue weighted by atomic mass is 9.83. The van der Waals surface area contributed by atoms with Crippen LogP contribution in [0.2, 0.25) is 0 Å². The Kier molecular flexibility index (Phi) is 6.80. The van der Waals surface area contributed by atoms with Gasteiger partial charge in [0.2, 0.25) is 10.0 Å². The number of carbonyl (C=O) groups excluding carboxylic acids is 1. The van der Waals surface area contributed by atoms with Gasteiger partial charge in [-0.2, -0.15) is 0 Å². The summed E-state index contributed by atoms with van der Waals surface area (Å²) < 4.78 is 33.1. The first-order valence-corrected chi connectivity index (χ1v) is 10.2. The molecule has 0 spiro atoms. The average molecular weight is 353 g/mol. The Hall–Kier alpha value is -1.40. The zero-order chi connectivity index (χ0) is 17.6. The highest BCUT2D eigenvalue weighted by atomic mass is 32.2. The van der Waals surface area contributed by atoms with Gasteiger partial charge in [-0.15, -0.1) is 0 Å². The lowest BCUT2D eigenvalue weighted by Gasteiger charge is -2.30.